The molecular formula is C12H18N4S4. The van der Waals surface area contributed by atoms with Crippen LogP contribution in [-0.4, -0.2) is 19.3 Å². The van der Waals surface area contributed by atoms with Crippen molar-refractivity contribution in [3.8, 4) is 0 Å². The van der Waals surface area contributed by atoms with Gasteiger partial charge in [-0.3, -0.25) is 4.37 Å². The van der Waals surface area contributed by atoms with Crippen LogP contribution in [0.3, 0.4) is 0 Å². The van der Waals surface area contributed by atoms with Gasteiger partial charge >= 0.3 is 0 Å². The van der Waals surface area contributed by atoms with Crippen molar-refractivity contribution in [1.29, 1.82) is 0 Å². The van der Waals surface area contributed by atoms with E-state index >= 15 is 0 Å². The van der Waals surface area contributed by atoms with Gasteiger partial charge in [-0.15, -0.1) is 0 Å². The lowest BCUT2D eigenvalue weighted by molar-refractivity contribution is 0.247. The molecule has 4 nitrogen and oxygen atoms in total. The third-order valence-corrected chi connectivity index (χ3v) is 6.24. The normalized spacial score (nSPS) is 27.6. The Morgan fingerprint density at radius 1 is 1.30 bits per heavy atom. The van der Waals surface area contributed by atoms with E-state index in [0.717, 1.165) is 29.4 Å². The van der Waals surface area contributed by atoms with Gasteiger partial charge in [-0.1, -0.05) is 32.0 Å². The number of aromatic amines is 1. The molecule has 0 spiro atoms. The summed E-state index contributed by atoms with van der Waals surface area (Å²) in [6, 6.07) is 0. The number of unbranched alkanes of at least 4 members (excludes halogenated alkanes) is 2. The van der Waals surface area contributed by atoms with Crippen LogP contribution in [0.15, 0.2) is 0 Å². The molecule has 0 radical (unpaired) electrons. The molecule has 0 bridgehead atoms. The molecule has 1 aliphatic heterocycles. The van der Waals surface area contributed by atoms with Crippen LogP contribution < -0.4 is 10.0 Å². The number of thiocarbonyl (C=S) groups is 1. The molecule has 1 unspecified atom stereocenters. The van der Waals surface area contributed by atoms with Crippen molar-refractivity contribution in [3.63, 3.8) is 0 Å². The summed E-state index contributed by atoms with van der Waals surface area (Å²) in [5.74, 6) is 1.02. The predicted molar refractivity (Wildman–Crippen MR) is 91.5 cm³/mol. The van der Waals surface area contributed by atoms with Gasteiger partial charge in [-0.05, 0) is 61.4 Å². The van der Waals surface area contributed by atoms with Crippen LogP contribution in [0.1, 0.15) is 51.3 Å². The molecule has 1 saturated carbocycles. The molecule has 3 rings (SSSR count). The summed E-state index contributed by atoms with van der Waals surface area (Å²) in [5.41, 5.74) is -0.155. The van der Waals surface area contributed by atoms with Crippen molar-refractivity contribution < 1.29 is 0 Å². The van der Waals surface area contributed by atoms with Crippen LogP contribution >= 0.6 is 47.9 Å². The molecule has 20 heavy (non-hydrogen) atoms. The van der Waals surface area contributed by atoms with E-state index in [9.17, 15) is 0 Å². The molecule has 1 saturated heterocycles. The van der Waals surface area contributed by atoms with Gasteiger partial charge in [-0.2, -0.15) is 0 Å². The van der Waals surface area contributed by atoms with E-state index in [0.29, 0.717) is 3.95 Å². The van der Waals surface area contributed by atoms with Crippen molar-refractivity contribution in [1.82, 2.24) is 19.4 Å². The average molecular weight is 347 g/mol. The number of H-pyrrole nitrogens is 1. The molecule has 1 atom stereocenters. The van der Waals surface area contributed by atoms with Crippen LogP contribution in [-0.2, 0) is 5.41 Å². The Kier molecular flexibility index (Phi) is 4.20. The first-order valence-electron chi connectivity index (χ1n) is 6.94. The van der Waals surface area contributed by atoms with E-state index in [-0.39, 0.29) is 11.1 Å². The van der Waals surface area contributed by atoms with Gasteiger partial charge in [-0.25, -0.2) is 9.71 Å². The minimum atomic E-state index is -0.170. The lowest BCUT2D eigenvalue weighted by Gasteiger charge is -2.36. The predicted octanol–water partition coefficient (Wildman–Crippen LogP) is 3.63. The van der Waals surface area contributed by atoms with Crippen LogP contribution in [0.4, 0.5) is 0 Å². The summed E-state index contributed by atoms with van der Waals surface area (Å²) in [6.07, 6.45) is 6.96. The minimum absolute atomic E-state index is 0.0157. The molecule has 1 aromatic heterocycles. The number of aromatic nitrogens is 2. The molecule has 0 aromatic carbocycles. The molecule has 2 aliphatic rings. The quantitative estimate of drug-likeness (QED) is 0.415. The van der Waals surface area contributed by atoms with Crippen molar-refractivity contribution in [2.45, 2.75) is 56.5 Å². The Labute approximate surface area is 137 Å². The number of rotatable bonds is 6. The third-order valence-electron chi connectivity index (χ3n) is 4.25. The molecule has 2 heterocycles. The molecule has 1 aliphatic carbocycles. The highest BCUT2D eigenvalue weighted by molar-refractivity contribution is 8.22. The van der Waals surface area contributed by atoms with E-state index in [1.165, 1.54) is 42.7 Å². The highest BCUT2D eigenvalue weighted by Crippen LogP contribution is 2.57. The summed E-state index contributed by atoms with van der Waals surface area (Å²) in [7, 11) is 0. The van der Waals surface area contributed by atoms with Crippen LogP contribution in [0.2, 0.25) is 0 Å². The Morgan fingerprint density at radius 3 is 2.60 bits per heavy atom. The zero-order valence-electron chi connectivity index (χ0n) is 11.3. The summed E-state index contributed by atoms with van der Waals surface area (Å²) in [6.45, 7) is 2.23. The van der Waals surface area contributed by atoms with Gasteiger partial charge in [0.25, 0.3) is 0 Å². The Morgan fingerprint density at radius 2 is 2.10 bits per heavy atom. The fourth-order valence-electron chi connectivity index (χ4n) is 2.99. The molecule has 110 valence electrons. The fourth-order valence-corrected chi connectivity index (χ4v) is 4.91. The first kappa shape index (κ1) is 14.9. The maximum atomic E-state index is 5.34. The molecule has 8 heteroatoms. The molecule has 3 N–H and O–H groups in total. The summed E-state index contributed by atoms with van der Waals surface area (Å²) < 4.78 is 8.39. The monoisotopic (exact) mass is 346 g/mol. The number of hydrogen-bond acceptors (Lipinski definition) is 6. The van der Waals surface area contributed by atoms with Crippen LogP contribution in [0.25, 0.3) is 0 Å². The number of hydrogen-bond donors (Lipinski definition) is 3. The van der Waals surface area contributed by atoms with Crippen molar-refractivity contribution in [2.24, 2.45) is 0 Å². The fraction of sp³-hybridized carbons (Fsp3) is 0.750. The van der Waals surface area contributed by atoms with E-state index in [4.69, 9.17) is 24.4 Å². The lowest BCUT2D eigenvalue weighted by atomic mass is 9.84. The average Bonchev–Trinajstić information content (AvgIpc) is 2.99. The van der Waals surface area contributed by atoms with E-state index in [2.05, 4.69) is 26.3 Å². The minimum Gasteiger partial charge on any atom is -0.350 e. The topological polar surface area (TPSA) is 52.7 Å². The molecular weight excluding hydrogens is 328 g/mol. The van der Waals surface area contributed by atoms with Crippen molar-refractivity contribution >= 4 is 52.2 Å². The van der Waals surface area contributed by atoms with Gasteiger partial charge in [0.2, 0.25) is 0 Å². The standard InChI is InChI=1S/C12H18N4S4/c1-2-3-4-5-12(14-10(18)20-16-12)11(6-7-11)8-13-9(17)19-15-8/h16H,2-7H2,1H3,(H,14,18)(H,13,15,17). The van der Waals surface area contributed by atoms with Crippen LogP contribution in [0.5, 0.6) is 0 Å². The summed E-state index contributed by atoms with van der Waals surface area (Å²) in [4.78, 5) is 4.53. The third kappa shape index (κ3) is 2.45. The highest BCUT2D eigenvalue weighted by atomic mass is 32.2. The van der Waals surface area contributed by atoms with Crippen molar-refractivity contribution in [2.75, 3.05) is 0 Å². The largest absolute Gasteiger partial charge is 0.350 e. The van der Waals surface area contributed by atoms with Gasteiger partial charge in [0, 0.05) is 0 Å². The highest BCUT2D eigenvalue weighted by Gasteiger charge is 2.64. The zero-order chi connectivity index (χ0) is 14.2. The van der Waals surface area contributed by atoms with E-state index in [1.807, 2.05) is 0 Å². The molecule has 2 fully saturated rings. The molecule has 1 aromatic rings. The second-order valence-corrected chi connectivity index (χ2v) is 8.41. The Hall–Kier alpha value is -0.0200. The SMILES string of the molecule is CCCCCC1(C2(c3nc(=S)s[nH]3)CC2)NSC(=S)N1. The second kappa shape index (κ2) is 5.64. The van der Waals surface area contributed by atoms with Gasteiger partial charge in [0.15, 0.2) is 3.95 Å². The molecule has 0 amide bonds. The summed E-state index contributed by atoms with van der Waals surface area (Å²) in [5, 5.41) is 3.53. The van der Waals surface area contributed by atoms with Gasteiger partial charge in [0.05, 0.1) is 5.41 Å². The van der Waals surface area contributed by atoms with E-state index < -0.39 is 0 Å². The van der Waals surface area contributed by atoms with Crippen LogP contribution in [0, 0.1) is 3.95 Å². The van der Waals surface area contributed by atoms with Gasteiger partial charge < -0.3 is 5.32 Å². The Balaban J connectivity index is 1.89. The first-order chi connectivity index (χ1) is 9.62. The Bertz CT molecular complexity index is 562. The zero-order valence-corrected chi connectivity index (χ0v) is 14.6. The smallest absolute Gasteiger partial charge is 0.198 e. The maximum absolute atomic E-state index is 5.34. The number of nitrogens with one attached hydrogen (secondary N) is 3. The van der Waals surface area contributed by atoms with Crippen molar-refractivity contribution in [3.05, 3.63) is 9.78 Å². The summed E-state index contributed by atoms with van der Waals surface area (Å²) >= 11 is 13.5. The van der Waals surface area contributed by atoms with E-state index in [1.54, 1.807) is 0 Å². The lowest BCUT2D eigenvalue weighted by Crippen LogP contribution is -2.58. The first-order valence-corrected chi connectivity index (χ1v) is 9.39. The maximum Gasteiger partial charge on any atom is 0.198 e. The second-order valence-electron chi connectivity index (χ2n) is 5.49. The number of nitrogens with zero attached hydrogens (tertiary/aromatic N) is 1. The van der Waals surface area contributed by atoms with Gasteiger partial charge in [0.1, 0.15) is 15.8 Å².